The lowest BCUT2D eigenvalue weighted by molar-refractivity contribution is 0.476. The topological polar surface area (TPSA) is 12.9 Å². The Labute approximate surface area is 274 Å². The second kappa shape index (κ2) is 11.0. The zero-order valence-electron chi connectivity index (χ0n) is 27.4. The smallest absolute Gasteiger partial charge is 0.0715 e. The molecule has 0 spiro atoms. The molecule has 0 saturated carbocycles. The number of aromatic nitrogens is 1. The molecular formula is C45H41N. The molecular weight excluding hydrogens is 555 g/mol. The highest BCUT2D eigenvalue weighted by molar-refractivity contribution is 5.91. The molecule has 2 aliphatic carbocycles. The first-order valence-electron chi connectivity index (χ1n) is 17.1. The van der Waals surface area contributed by atoms with Crippen molar-refractivity contribution in [3.05, 3.63) is 150 Å². The van der Waals surface area contributed by atoms with Gasteiger partial charge in [0.25, 0.3) is 0 Å². The van der Waals surface area contributed by atoms with Crippen LogP contribution in [0.25, 0.3) is 55.9 Å². The average molecular weight is 596 g/mol. The van der Waals surface area contributed by atoms with E-state index >= 15 is 0 Å². The van der Waals surface area contributed by atoms with Crippen LogP contribution < -0.4 is 0 Å². The molecule has 46 heavy (non-hydrogen) atoms. The fraction of sp³-hybridized carbons (Fsp3) is 0.222. The van der Waals surface area contributed by atoms with Gasteiger partial charge in [0.05, 0.1) is 11.4 Å². The third-order valence-electron chi connectivity index (χ3n) is 11.5. The molecule has 1 heterocycles. The van der Waals surface area contributed by atoms with Crippen molar-refractivity contribution in [3.63, 3.8) is 0 Å². The van der Waals surface area contributed by atoms with Crippen LogP contribution in [0.3, 0.4) is 0 Å². The van der Waals surface area contributed by atoms with Crippen LogP contribution >= 0.6 is 0 Å². The molecule has 1 nitrogen and oxygen atoms in total. The van der Waals surface area contributed by atoms with E-state index in [0.717, 1.165) is 48.2 Å². The average Bonchev–Trinajstić information content (AvgIpc) is 3.57. The van der Waals surface area contributed by atoms with Crippen molar-refractivity contribution in [3.8, 4) is 55.9 Å². The van der Waals surface area contributed by atoms with E-state index in [-0.39, 0.29) is 10.8 Å². The quantitative estimate of drug-likeness (QED) is 0.179. The molecule has 1 heteroatoms. The largest absolute Gasteiger partial charge is 0.248 e. The molecule has 1 aromatic heterocycles. The van der Waals surface area contributed by atoms with Gasteiger partial charge in [-0.2, -0.15) is 0 Å². The molecule has 226 valence electrons. The van der Waals surface area contributed by atoms with Crippen molar-refractivity contribution < 1.29 is 0 Å². The van der Waals surface area contributed by atoms with Crippen LogP contribution in [-0.4, -0.2) is 4.98 Å². The standard InChI is InChI=1S/C45H41N/c1-5-44(6-2)38-22-16-15-21-34(38)36-28-37-35-24-23-32(25-39(35)45(7-3,8-4)41(37)29-40(36)44)33-26-42(30-17-11-9-12-18-30)46-43(27-33)31-19-13-10-14-20-31/h9-29H,5-8H2,1-4H3. The summed E-state index contributed by atoms with van der Waals surface area (Å²) in [6, 6.07) is 47.3. The lowest BCUT2D eigenvalue weighted by Gasteiger charge is -2.33. The molecule has 0 fully saturated rings. The summed E-state index contributed by atoms with van der Waals surface area (Å²) in [5, 5.41) is 0. The summed E-state index contributed by atoms with van der Waals surface area (Å²) in [7, 11) is 0. The molecule has 0 unspecified atom stereocenters. The van der Waals surface area contributed by atoms with Gasteiger partial charge in [-0.15, -0.1) is 0 Å². The first-order chi connectivity index (χ1) is 22.6. The molecule has 0 amide bonds. The van der Waals surface area contributed by atoms with Crippen molar-refractivity contribution >= 4 is 0 Å². The third kappa shape index (κ3) is 4.04. The van der Waals surface area contributed by atoms with Gasteiger partial charge < -0.3 is 0 Å². The molecule has 0 N–H and O–H groups in total. The maximum absolute atomic E-state index is 5.15. The molecule has 0 saturated heterocycles. The highest BCUT2D eigenvalue weighted by Crippen LogP contribution is 2.59. The summed E-state index contributed by atoms with van der Waals surface area (Å²) < 4.78 is 0. The minimum atomic E-state index is -0.0186. The number of rotatable bonds is 7. The number of hydrogen-bond donors (Lipinski definition) is 0. The van der Waals surface area contributed by atoms with Gasteiger partial charge in [-0.1, -0.05) is 131 Å². The van der Waals surface area contributed by atoms with Gasteiger partial charge in [-0.25, -0.2) is 4.98 Å². The predicted octanol–water partition coefficient (Wildman–Crippen LogP) is 12.3. The van der Waals surface area contributed by atoms with Crippen LogP contribution in [0, 0.1) is 0 Å². The van der Waals surface area contributed by atoms with Gasteiger partial charge in [0.1, 0.15) is 0 Å². The first-order valence-corrected chi connectivity index (χ1v) is 17.1. The van der Waals surface area contributed by atoms with Crippen molar-refractivity contribution in [1.29, 1.82) is 0 Å². The number of hydrogen-bond acceptors (Lipinski definition) is 1. The summed E-state index contributed by atoms with van der Waals surface area (Å²) in [6.07, 6.45) is 4.38. The van der Waals surface area contributed by atoms with E-state index in [1.165, 1.54) is 55.6 Å². The molecule has 0 radical (unpaired) electrons. The number of pyridine rings is 1. The second-order valence-corrected chi connectivity index (χ2v) is 13.2. The van der Waals surface area contributed by atoms with Gasteiger partial charge in [-0.3, -0.25) is 0 Å². The Morgan fingerprint density at radius 3 is 1.41 bits per heavy atom. The molecule has 0 aliphatic heterocycles. The van der Waals surface area contributed by atoms with Crippen molar-refractivity contribution in [2.75, 3.05) is 0 Å². The van der Waals surface area contributed by atoms with Crippen molar-refractivity contribution in [1.82, 2.24) is 4.98 Å². The first kappa shape index (κ1) is 28.7. The Morgan fingerprint density at radius 2 is 0.848 bits per heavy atom. The van der Waals surface area contributed by atoms with Gasteiger partial charge in [0, 0.05) is 22.0 Å². The van der Waals surface area contributed by atoms with Crippen LogP contribution in [0.2, 0.25) is 0 Å². The van der Waals surface area contributed by atoms with Gasteiger partial charge in [0.15, 0.2) is 0 Å². The fourth-order valence-electron chi connectivity index (χ4n) is 8.85. The summed E-state index contributed by atoms with van der Waals surface area (Å²) in [5.41, 5.74) is 18.5. The minimum absolute atomic E-state index is 0.0186. The summed E-state index contributed by atoms with van der Waals surface area (Å²) in [5.74, 6) is 0. The van der Waals surface area contributed by atoms with E-state index in [2.05, 4.69) is 155 Å². The lowest BCUT2D eigenvalue weighted by atomic mass is 9.70. The van der Waals surface area contributed by atoms with E-state index < -0.39 is 0 Å². The van der Waals surface area contributed by atoms with E-state index in [1.807, 2.05) is 0 Å². The van der Waals surface area contributed by atoms with Crippen LogP contribution in [0.4, 0.5) is 0 Å². The predicted molar refractivity (Wildman–Crippen MR) is 194 cm³/mol. The van der Waals surface area contributed by atoms with Gasteiger partial charge >= 0.3 is 0 Å². The normalized spacial score (nSPS) is 14.8. The maximum Gasteiger partial charge on any atom is 0.0715 e. The summed E-state index contributed by atoms with van der Waals surface area (Å²) in [4.78, 5) is 5.15. The van der Waals surface area contributed by atoms with Crippen molar-refractivity contribution in [2.24, 2.45) is 0 Å². The maximum atomic E-state index is 5.15. The highest BCUT2D eigenvalue weighted by atomic mass is 14.7. The van der Waals surface area contributed by atoms with Gasteiger partial charge in [0.2, 0.25) is 0 Å². The van der Waals surface area contributed by atoms with Crippen molar-refractivity contribution in [2.45, 2.75) is 64.2 Å². The lowest BCUT2D eigenvalue weighted by Crippen LogP contribution is -2.26. The Morgan fingerprint density at radius 1 is 0.370 bits per heavy atom. The molecule has 2 aliphatic rings. The fourth-order valence-corrected chi connectivity index (χ4v) is 8.85. The van der Waals surface area contributed by atoms with Crippen LogP contribution in [0.1, 0.15) is 75.6 Å². The van der Waals surface area contributed by atoms with Crippen LogP contribution in [-0.2, 0) is 10.8 Å². The van der Waals surface area contributed by atoms with E-state index in [9.17, 15) is 0 Å². The van der Waals surface area contributed by atoms with E-state index in [0.29, 0.717) is 0 Å². The Balaban J connectivity index is 1.33. The summed E-state index contributed by atoms with van der Waals surface area (Å²) >= 11 is 0. The Bertz CT molecular complexity index is 2020. The zero-order valence-corrected chi connectivity index (χ0v) is 27.4. The number of benzene rings is 5. The molecule has 6 aromatic rings. The third-order valence-corrected chi connectivity index (χ3v) is 11.5. The molecule has 8 rings (SSSR count). The molecule has 0 bridgehead atoms. The van der Waals surface area contributed by atoms with Gasteiger partial charge in [-0.05, 0) is 106 Å². The molecule has 5 aromatic carbocycles. The number of nitrogens with zero attached hydrogens (tertiary/aromatic N) is 1. The highest BCUT2D eigenvalue weighted by Gasteiger charge is 2.46. The zero-order chi connectivity index (χ0) is 31.5. The van der Waals surface area contributed by atoms with Crippen LogP contribution in [0.15, 0.2) is 127 Å². The Hall–Kier alpha value is -4.75. The van der Waals surface area contributed by atoms with E-state index in [4.69, 9.17) is 4.98 Å². The SMILES string of the molecule is CCC1(CC)c2ccccc2-c2cc3c(cc21)C(CC)(CC)c1cc(-c2cc(-c4ccccc4)nc(-c4ccccc4)c2)ccc1-3. The second-order valence-electron chi connectivity index (χ2n) is 13.2. The Kier molecular flexibility index (Phi) is 6.83. The number of fused-ring (bicyclic) bond motifs is 6. The van der Waals surface area contributed by atoms with Crippen LogP contribution in [0.5, 0.6) is 0 Å². The minimum Gasteiger partial charge on any atom is -0.248 e. The monoisotopic (exact) mass is 595 g/mol. The molecule has 0 atom stereocenters. The summed E-state index contributed by atoms with van der Waals surface area (Å²) in [6.45, 7) is 9.52. The van der Waals surface area contributed by atoms with E-state index in [1.54, 1.807) is 0 Å².